The summed E-state index contributed by atoms with van der Waals surface area (Å²) in [5, 5.41) is 0.474. The predicted molar refractivity (Wildman–Crippen MR) is 118 cm³/mol. The lowest BCUT2D eigenvalue weighted by molar-refractivity contribution is -0.140. The Labute approximate surface area is 182 Å². The van der Waals surface area contributed by atoms with Gasteiger partial charge in [0, 0.05) is 29.6 Å². The third-order valence-electron chi connectivity index (χ3n) is 4.59. The molecule has 1 aromatic carbocycles. The number of allylic oxidation sites excluding steroid dienone is 2. The molecule has 0 radical (unpaired) electrons. The van der Waals surface area contributed by atoms with Crippen LogP contribution in [0.15, 0.2) is 27.5 Å². The van der Waals surface area contributed by atoms with Crippen molar-refractivity contribution in [3.8, 4) is 0 Å². The van der Waals surface area contributed by atoms with Gasteiger partial charge in [0.05, 0.1) is 15.2 Å². The third-order valence-corrected chi connectivity index (χ3v) is 8.78. The molecule has 2 aliphatic rings. The third kappa shape index (κ3) is 4.81. The predicted octanol–water partition coefficient (Wildman–Crippen LogP) is 5.16. The van der Waals surface area contributed by atoms with E-state index in [9.17, 15) is 14.4 Å². The minimum absolute atomic E-state index is 0.126. The number of esters is 1. The number of hydrogen-bond acceptors (Lipinski definition) is 7. The Morgan fingerprint density at radius 1 is 1.32 bits per heavy atom. The molecule has 4 nitrogen and oxygen atoms in total. The van der Waals surface area contributed by atoms with Crippen LogP contribution < -0.4 is 0 Å². The van der Waals surface area contributed by atoms with Crippen molar-refractivity contribution in [2.45, 2.75) is 42.1 Å². The summed E-state index contributed by atoms with van der Waals surface area (Å²) >= 11 is 11.6. The minimum Gasteiger partial charge on any atom is -0.465 e. The molecule has 0 bridgehead atoms. The Balaban J connectivity index is 1.86. The Morgan fingerprint density at radius 2 is 2.11 bits per heavy atom. The highest BCUT2D eigenvalue weighted by molar-refractivity contribution is 8.17. The molecule has 8 heteroatoms. The Kier molecular flexibility index (Phi) is 7.59. The number of benzene rings is 1. The molecule has 1 aliphatic carbocycles. The van der Waals surface area contributed by atoms with E-state index in [2.05, 4.69) is 6.26 Å². The fourth-order valence-corrected chi connectivity index (χ4v) is 6.73. The highest BCUT2D eigenvalue weighted by Gasteiger charge is 2.31. The van der Waals surface area contributed by atoms with Gasteiger partial charge in [0.1, 0.15) is 6.61 Å². The van der Waals surface area contributed by atoms with Crippen molar-refractivity contribution in [2.75, 3.05) is 18.6 Å². The smallest absolute Gasteiger partial charge is 0.302 e. The van der Waals surface area contributed by atoms with Crippen LogP contribution in [0.4, 0.5) is 0 Å². The maximum absolute atomic E-state index is 13.3. The van der Waals surface area contributed by atoms with Crippen LogP contribution in [0.1, 0.15) is 42.1 Å². The minimum atomic E-state index is -0.336. The summed E-state index contributed by atoms with van der Waals surface area (Å²) in [5.74, 6) is -0.232. The molecule has 1 aliphatic heterocycles. The van der Waals surface area contributed by atoms with E-state index in [1.807, 2.05) is 6.07 Å². The first-order chi connectivity index (χ1) is 13.4. The number of thioether (sulfide) groups is 3. The number of carbonyl (C=O) groups is 3. The molecular formula is C20H21ClO4S3. The number of Topliss-reactive ketones (excluding diaryl/α,β-unsaturated/α-hetero) is 2. The van der Waals surface area contributed by atoms with E-state index in [4.69, 9.17) is 16.3 Å². The van der Waals surface area contributed by atoms with Gasteiger partial charge < -0.3 is 4.74 Å². The van der Waals surface area contributed by atoms with Crippen LogP contribution in [0, 0.1) is 0 Å². The van der Waals surface area contributed by atoms with Gasteiger partial charge in [0.25, 0.3) is 0 Å². The molecule has 3 rings (SSSR count). The lowest BCUT2D eigenvalue weighted by Crippen LogP contribution is -2.20. The molecule has 0 fully saturated rings. The van der Waals surface area contributed by atoms with E-state index < -0.39 is 0 Å². The average Bonchev–Trinajstić information content (AvgIpc) is 3.09. The van der Waals surface area contributed by atoms with E-state index in [1.54, 1.807) is 29.6 Å². The molecule has 1 atom stereocenters. The number of hydrogen-bond donors (Lipinski definition) is 0. The maximum Gasteiger partial charge on any atom is 0.302 e. The molecule has 1 heterocycles. The second kappa shape index (κ2) is 9.74. The molecule has 0 saturated heterocycles. The number of ether oxygens (including phenoxy) is 1. The van der Waals surface area contributed by atoms with Crippen LogP contribution >= 0.6 is 46.9 Å². The number of fused-ring (bicyclic) bond motifs is 1. The lowest BCUT2D eigenvalue weighted by Gasteiger charge is -2.19. The van der Waals surface area contributed by atoms with E-state index in [-0.39, 0.29) is 29.7 Å². The Morgan fingerprint density at radius 3 is 2.82 bits per heavy atom. The van der Waals surface area contributed by atoms with Crippen molar-refractivity contribution >= 4 is 64.4 Å². The number of ketones is 2. The van der Waals surface area contributed by atoms with Gasteiger partial charge in [-0.25, -0.2) is 0 Å². The topological polar surface area (TPSA) is 60.4 Å². The standard InChI is InChI=1S/C20H21ClO4S3/c1-11(22)25-8-9-27-16-5-3-4-14(23)18(16)20(24)12-6-7-15-13(19(12)21)10-17(26-2)28-15/h6-7,17H,3-5,8-10H2,1-2H3. The maximum atomic E-state index is 13.3. The molecule has 0 N–H and O–H groups in total. The van der Waals surface area contributed by atoms with Crippen LogP contribution in [-0.2, 0) is 20.7 Å². The van der Waals surface area contributed by atoms with Gasteiger partial charge in [-0.15, -0.1) is 23.5 Å². The summed E-state index contributed by atoms with van der Waals surface area (Å²) in [7, 11) is 0. The molecule has 1 unspecified atom stereocenters. The fourth-order valence-electron chi connectivity index (χ4n) is 3.26. The summed E-state index contributed by atoms with van der Waals surface area (Å²) < 4.78 is 5.36. The first-order valence-electron chi connectivity index (χ1n) is 9.00. The van der Waals surface area contributed by atoms with Gasteiger partial charge in [-0.1, -0.05) is 11.6 Å². The lowest BCUT2D eigenvalue weighted by atomic mass is 9.91. The number of rotatable bonds is 7. The molecule has 0 amide bonds. The molecule has 1 aromatic rings. The van der Waals surface area contributed by atoms with Crippen LogP contribution in [0.2, 0.25) is 5.02 Å². The van der Waals surface area contributed by atoms with Crippen LogP contribution in [0.25, 0.3) is 0 Å². The van der Waals surface area contributed by atoms with Crippen molar-refractivity contribution in [1.82, 2.24) is 0 Å². The quantitative estimate of drug-likeness (QED) is 0.243. The Hall–Kier alpha value is -0.890. The van der Waals surface area contributed by atoms with Crippen molar-refractivity contribution in [2.24, 2.45) is 0 Å². The molecular weight excluding hydrogens is 436 g/mol. The van der Waals surface area contributed by atoms with Gasteiger partial charge in [-0.3, -0.25) is 14.4 Å². The molecule has 28 heavy (non-hydrogen) atoms. The zero-order chi connectivity index (χ0) is 20.3. The normalized spacial score (nSPS) is 19.0. The van der Waals surface area contributed by atoms with Crippen LogP contribution in [0.5, 0.6) is 0 Å². The zero-order valence-electron chi connectivity index (χ0n) is 15.7. The summed E-state index contributed by atoms with van der Waals surface area (Å²) in [6, 6.07) is 3.69. The van der Waals surface area contributed by atoms with E-state index in [0.29, 0.717) is 33.8 Å². The number of carbonyl (C=O) groups excluding carboxylic acids is 3. The summed E-state index contributed by atoms with van der Waals surface area (Å²) in [6.45, 7) is 1.62. The Bertz CT molecular complexity index is 850. The first-order valence-corrected chi connectivity index (χ1v) is 12.5. The van der Waals surface area contributed by atoms with Gasteiger partial charge >= 0.3 is 5.97 Å². The zero-order valence-corrected chi connectivity index (χ0v) is 18.9. The SMILES string of the molecule is CSC1Cc2c(ccc(C(=O)C3=C(SCCOC(C)=O)CCCC3=O)c2Cl)S1. The fraction of sp³-hybridized carbons (Fsp3) is 0.450. The summed E-state index contributed by atoms with van der Waals surface area (Å²) in [4.78, 5) is 38.6. The van der Waals surface area contributed by atoms with E-state index in [1.165, 1.54) is 18.7 Å². The van der Waals surface area contributed by atoms with Crippen molar-refractivity contribution in [3.63, 3.8) is 0 Å². The van der Waals surface area contributed by atoms with Gasteiger partial charge in [0.2, 0.25) is 0 Å². The van der Waals surface area contributed by atoms with Gasteiger partial charge in [-0.2, -0.15) is 11.8 Å². The second-order valence-corrected chi connectivity index (χ2v) is 10.6. The molecule has 150 valence electrons. The average molecular weight is 457 g/mol. The molecule has 0 saturated carbocycles. The second-order valence-electron chi connectivity index (χ2n) is 6.48. The summed E-state index contributed by atoms with van der Waals surface area (Å²) in [5.41, 5.74) is 1.67. The summed E-state index contributed by atoms with van der Waals surface area (Å²) in [6.07, 6.45) is 4.68. The van der Waals surface area contributed by atoms with Crippen LogP contribution in [-0.4, -0.2) is 40.7 Å². The number of halogens is 1. The monoisotopic (exact) mass is 456 g/mol. The van der Waals surface area contributed by atoms with Crippen LogP contribution in [0.3, 0.4) is 0 Å². The van der Waals surface area contributed by atoms with Gasteiger partial charge in [0.15, 0.2) is 11.6 Å². The largest absolute Gasteiger partial charge is 0.465 e. The highest BCUT2D eigenvalue weighted by atomic mass is 35.5. The van der Waals surface area contributed by atoms with E-state index in [0.717, 1.165) is 28.2 Å². The molecule has 0 aromatic heterocycles. The van der Waals surface area contributed by atoms with Gasteiger partial charge in [-0.05, 0) is 48.1 Å². The highest BCUT2D eigenvalue weighted by Crippen LogP contribution is 2.46. The van der Waals surface area contributed by atoms with E-state index >= 15 is 0 Å². The van der Waals surface area contributed by atoms with Crippen molar-refractivity contribution in [1.29, 1.82) is 0 Å². The first kappa shape index (κ1) is 21.8. The molecule has 0 spiro atoms. The van der Waals surface area contributed by atoms with Crippen molar-refractivity contribution < 1.29 is 19.1 Å². The van der Waals surface area contributed by atoms with Crippen molar-refractivity contribution in [3.05, 3.63) is 38.8 Å².